The molecule has 0 heterocycles. The van der Waals surface area contributed by atoms with Gasteiger partial charge in [-0.2, -0.15) is 0 Å². The predicted octanol–water partition coefficient (Wildman–Crippen LogP) is 20.3. The summed E-state index contributed by atoms with van der Waals surface area (Å²) in [5.41, 5.74) is 0. The molecule has 0 saturated heterocycles. The molecule has 0 aliphatic carbocycles. The summed E-state index contributed by atoms with van der Waals surface area (Å²) in [5.74, 6) is -0.639. The zero-order valence-corrected chi connectivity index (χ0v) is 60.4. The molecule has 3 N–H and O–H groups in total. The number of unbranched alkanes of at least 4 members (excludes halogenated alkanes) is 36. The van der Waals surface area contributed by atoms with Crippen molar-refractivity contribution in [3.8, 4) is 0 Å². The topological polar surface area (TPSA) is 237 Å². The van der Waals surface area contributed by atoms with Crippen LogP contribution in [0.2, 0.25) is 0 Å². The molecular formula is C72H136O17P2. The molecule has 0 rings (SSSR count). The summed E-state index contributed by atoms with van der Waals surface area (Å²) in [6.45, 7) is 9.46. The summed E-state index contributed by atoms with van der Waals surface area (Å²) in [6.07, 6.45) is 52.1. The predicted molar refractivity (Wildman–Crippen MR) is 367 cm³/mol. The first-order valence-corrected chi connectivity index (χ1v) is 39.8. The molecule has 536 valence electrons. The number of esters is 4. The molecule has 0 aromatic heterocycles. The van der Waals surface area contributed by atoms with Gasteiger partial charge < -0.3 is 33.8 Å². The number of carbonyl (C=O) groups excluding carboxylic acids is 4. The number of hydrogen-bond donors (Lipinski definition) is 3. The van der Waals surface area contributed by atoms with E-state index in [0.717, 1.165) is 115 Å². The SMILES string of the molecule is CCCCCC/C=C\C=C/CCCCCCCC(=O)O[C@H](COC(=O)CCCCCCCCCCCCCCC(C)C)COP(=O)(O)OC[C@@H](O)COP(=O)(O)OC[C@@H](COC(=O)CCCCCCCCCCC)OC(=O)CCCCCCCCCCCC(C)C. The Labute approximate surface area is 554 Å². The molecule has 0 spiro atoms. The fourth-order valence-corrected chi connectivity index (χ4v) is 12.0. The van der Waals surface area contributed by atoms with Gasteiger partial charge in [-0.1, -0.05) is 291 Å². The zero-order valence-electron chi connectivity index (χ0n) is 58.6. The maximum atomic E-state index is 13.0. The highest BCUT2D eigenvalue weighted by Crippen LogP contribution is 2.45. The molecule has 0 aliphatic rings. The third-order valence-electron chi connectivity index (χ3n) is 16.1. The molecule has 0 aliphatic heterocycles. The highest BCUT2D eigenvalue weighted by Gasteiger charge is 2.30. The maximum absolute atomic E-state index is 13.0. The lowest BCUT2D eigenvalue weighted by atomic mass is 10.0. The number of ether oxygens (including phenoxy) is 4. The van der Waals surface area contributed by atoms with Crippen LogP contribution in [0.1, 0.15) is 343 Å². The quantitative estimate of drug-likeness (QED) is 0.0169. The number of rotatable bonds is 69. The average Bonchev–Trinajstić information content (AvgIpc) is 3.70. The van der Waals surface area contributed by atoms with Crippen molar-refractivity contribution in [2.45, 2.75) is 362 Å². The number of phosphoric ester groups is 2. The molecule has 0 fully saturated rings. The molecule has 0 bridgehead atoms. The van der Waals surface area contributed by atoms with E-state index in [1.54, 1.807) is 0 Å². The summed E-state index contributed by atoms with van der Waals surface area (Å²) < 4.78 is 68.3. The van der Waals surface area contributed by atoms with Crippen molar-refractivity contribution in [3.05, 3.63) is 24.3 Å². The van der Waals surface area contributed by atoms with Crippen LogP contribution in [0.5, 0.6) is 0 Å². The van der Waals surface area contributed by atoms with E-state index in [1.165, 1.54) is 148 Å². The number of aliphatic hydroxyl groups is 1. The highest BCUT2D eigenvalue weighted by molar-refractivity contribution is 7.47. The Morgan fingerprint density at radius 2 is 0.593 bits per heavy atom. The van der Waals surface area contributed by atoms with Gasteiger partial charge in [-0.25, -0.2) is 9.13 Å². The van der Waals surface area contributed by atoms with E-state index in [0.29, 0.717) is 25.7 Å². The van der Waals surface area contributed by atoms with Gasteiger partial charge in [0.05, 0.1) is 26.4 Å². The van der Waals surface area contributed by atoms with E-state index in [-0.39, 0.29) is 25.7 Å². The fourth-order valence-electron chi connectivity index (χ4n) is 10.4. The van der Waals surface area contributed by atoms with Crippen molar-refractivity contribution in [2.75, 3.05) is 39.6 Å². The van der Waals surface area contributed by atoms with Crippen LogP contribution in [-0.4, -0.2) is 96.7 Å². The molecule has 91 heavy (non-hydrogen) atoms. The minimum Gasteiger partial charge on any atom is -0.462 e. The summed E-state index contributed by atoms with van der Waals surface area (Å²) >= 11 is 0. The van der Waals surface area contributed by atoms with E-state index < -0.39 is 97.5 Å². The van der Waals surface area contributed by atoms with Gasteiger partial charge in [-0.15, -0.1) is 0 Å². The standard InChI is InChI=1S/C72H136O17P2/c1-7-9-11-13-15-17-18-19-20-21-26-32-38-44-50-56-71(76)88-68(61-83-70(75)55-49-43-37-31-25-23-22-24-29-34-40-46-52-64(3)4)63-87-91(80,81)85-59-66(73)58-84-90(78,79)86-62-67(60-82-69(74)54-48-42-36-28-16-14-12-10-8-2)89-72(77)57-51-45-39-33-27-30-35-41-47-53-65(5)6/h17-20,64-68,73H,7-16,21-63H2,1-6H3,(H,78,79)(H,80,81)/b18-17-,20-19-/t66-,67+,68+/m0/s1. The van der Waals surface area contributed by atoms with E-state index in [2.05, 4.69) is 65.8 Å². The van der Waals surface area contributed by atoms with Crippen LogP contribution in [0.3, 0.4) is 0 Å². The molecule has 2 unspecified atom stereocenters. The van der Waals surface area contributed by atoms with Crippen LogP contribution in [0, 0.1) is 11.8 Å². The van der Waals surface area contributed by atoms with Crippen molar-refractivity contribution in [1.29, 1.82) is 0 Å². The van der Waals surface area contributed by atoms with E-state index in [1.807, 2.05) is 0 Å². The van der Waals surface area contributed by atoms with Crippen LogP contribution < -0.4 is 0 Å². The average molecular weight is 1340 g/mol. The van der Waals surface area contributed by atoms with Gasteiger partial charge >= 0.3 is 39.5 Å². The van der Waals surface area contributed by atoms with Gasteiger partial charge in [0.15, 0.2) is 12.2 Å². The number of phosphoric acid groups is 2. The minimum absolute atomic E-state index is 0.0849. The molecule has 0 amide bonds. The van der Waals surface area contributed by atoms with Gasteiger partial charge in [-0.3, -0.25) is 37.3 Å². The summed E-state index contributed by atoms with van der Waals surface area (Å²) in [7, 11) is -9.91. The Kier molecular flexibility index (Phi) is 61.9. The second-order valence-electron chi connectivity index (χ2n) is 26.2. The molecule has 0 aromatic rings. The minimum atomic E-state index is -4.96. The molecular weight excluding hydrogens is 1200 g/mol. The second-order valence-corrected chi connectivity index (χ2v) is 29.2. The van der Waals surface area contributed by atoms with Gasteiger partial charge in [-0.05, 0) is 63.2 Å². The van der Waals surface area contributed by atoms with Crippen molar-refractivity contribution in [3.63, 3.8) is 0 Å². The van der Waals surface area contributed by atoms with Gasteiger partial charge in [0.25, 0.3) is 0 Å². The lowest BCUT2D eigenvalue weighted by Gasteiger charge is -2.21. The van der Waals surface area contributed by atoms with Gasteiger partial charge in [0.1, 0.15) is 19.3 Å². The third-order valence-corrected chi connectivity index (χ3v) is 18.0. The van der Waals surface area contributed by atoms with Crippen LogP contribution in [0.15, 0.2) is 24.3 Å². The van der Waals surface area contributed by atoms with Crippen LogP contribution >= 0.6 is 15.6 Å². The molecule has 0 radical (unpaired) electrons. The number of aliphatic hydroxyl groups excluding tert-OH is 1. The summed E-state index contributed by atoms with van der Waals surface area (Å²) in [4.78, 5) is 72.6. The normalized spacial score (nSPS) is 14.3. The largest absolute Gasteiger partial charge is 0.472 e. The smallest absolute Gasteiger partial charge is 0.462 e. The van der Waals surface area contributed by atoms with Crippen LogP contribution in [-0.2, 0) is 65.4 Å². The first-order valence-electron chi connectivity index (χ1n) is 36.8. The van der Waals surface area contributed by atoms with E-state index >= 15 is 0 Å². The van der Waals surface area contributed by atoms with Gasteiger partial charge in [0, 0.05) is 25.7 Å². The lowest BCUT2D eigenvalue weighted by molar-refractivity contribution is -0.161. The van der Waals surface area contributed by atoms with Crippen molar-refractivity contribution >= 4 is 39.5 Å². The van der Waals surface area contributed by atoms with Crippen molar-refractivity contribution < 1.29 is 80.2 Å². The third kappa shape index (κ3) is 66.0. The Hall–Kier alpha value is -2.46. The summed E-state index contributed by atoms with van der Waals surface area (Å²) in [6, 6.07) is 0. The van der Waals surface area contributed by atoms with Crippen molar-refractivity contribution in [1.82, 2.24) is 0 Å². The zero-order chi connectivity index (χ0) is 67.2. The molecule has 19 heteroatoms. The van der Waals surface area contributed by atoms with Crippen LogP contribution in [0.4, 0.5) is 0 Å². The van der Waals surface area contributed by atoms with Gasteiger partial charge in [0.2, 0.25) is 0 Å². The monoisotopic (exact) mass is 1330 g/mol. The van der Waals surface area contributed by atoms with Crippen LogP contribution in [0.25, 0.3) is 0 Å². The van der Waals surface area contributed by atoms with E-state index in [9.17, 15) is 43.2 Å². The molecule has 0 aromatic carbocycles. The fraction of sp³-hybridized carbons (Fsp3) is 0.889. The molecule has 0 saturated carbocycles. The number of hydrogen-bond acceptors (Lipinski definition) is 15. The maximum Gasteiger partial charge on any atom is 0.472 e. The Bertz CT molecular complexity index is 1860. The number of carbonyl (C=O) groups is 4. The highest BCUT2D eigenvalue weighted by atomic mass is 31.2. The van der Waals surface area contributed by atoms with E-state index in [4.69, 9.17) is 37.0 Å². The first-order chi connectivity index (χ1) is 43.9. The Morgan fingerprint density at radius 3 is 0.901 bits per heavy atom. The Balaban J connectivity index is 5.28. The lowest BCUT2D eigenvalue weighted by Crippen LogP contribution is -2.30. The van der Waals surface area contributed by atoms with Crippen molar-refractivity contribution in [2.24, 2.45) is 11.8 Å². The second kappa shape index (κ2) is 63.6. The number of allylic oxidation sites excluding steroid dienone is 4. The Morgan fingerprint density at radius 1 is 0.341 bits per heavy atom. The molecule has 17 nitrogen and oxygen atoms in total. The first kappa shape index (κ1) is 88.5. The summed E-state index contributed by atoms with van der Waals surface area (Å²) in [5, 5.41) is 10.6. The molecule has 5 atom stereocenters.